The van der Waals surface area contributed by atoms with Gasteiger partial charge in [0.25, 0.3) is 10.0 Å². The van der Waals surface area contributed by atoms with Crippen molar-refractivity contribution in [2.45, 2.75) is 23.3 Å². The molecule has 1 fully saturated rings. The average Bonchev–Trinajstić information content (AvgIpc) is 3.31. The molecule has 190 valence electrons. The predicted octanol–water partition coefficient (Wildman–Crippen LogP) is 5.41. The number of carbonyl (C=O) groups is 1. The molecule has 5 aromatic rings. The Morgan fingerprint density at radius 2 is 1.24 bits per heavy atom. The summed E-state index contributed by atoms with van der Waals surface area (Å²) in [5.74, 6) is -1.18. The van der Waals surface area contributed by atoms with E-state index in [1.54, 1.807) is 72.8 Å². The third kappa shape index (κ3) is 4.23. The molecule has 1 heterocycles. The number of nitrogens with zero attached hydrogens (tertiary/aromatic N) is 1. The van der Waals surface area contributed by atoms with Crippen molar-refractivity contribution in [3.63, 3.8) is 0 Å². The molecule has 0 radical (unpaired) electrons. The molecule has 0 aliphatic carbocycles. The Bertz CT molecular complexity index is 1690. The molecule has 3 atom stereocenters. The molecule has 1 aliphatic rings. The van der Waals surface area contributed by atoms with E-state index in [9.17, 15) is 18.3 Å². The van der Waals surface area contributed by atoms with Crippen LogP contribution in [0, 0.1) is 0 Å². The molecule has 7 nitrogen and oxygen atoms in total. The Hall–Kier alpha value is -4.08. The van der Waals surface area contributed by atoms with Crippen molar-refractivity contribution in [3.05, 3.63) is 126 Å². The van der Waals surface area contributed by atoms with Crippen LogP contribution in [0.4, 0.5) is 0 Å². The molecule has 0 amide bonds. The van der Waals surface area contributed by atoms with Crippen LogP contribution < -0.4 is 4.83 Å². The number of hydrazine groups is 1. The maximum atomic E-state index is 14.3. The maximum absolute atomic E-state index is 14.3. The van der Waals surface area contributed by atoms with E-state index in [0.717, 1.165) is 10.8 Å². The van der Waals surface area contributed by atoms with Gasteiger partial charge in [-0.3, -0.25) is 0 Å². The number of rotatable bonds is 6. The molecule has 0 bridgehead atoms. The highest BCUT2D eigenvalue weighted by Crippen LogP contribution is 2.43. The molecule has 2 unspecified atom stereocenters. The first kappa shape index (κ1) is 24.3. The van der Waals surface area contributed by atoms with Crippen LogP contribution in [-0.2, 0) is 19.6 Å². The van der Waals surface area contributed by atoms with Crippen molar-refractivity contribution in [2.75, 3.05) is 0 Å². The van der Waals surface area contributed by atoms with Crippen LogP contribution in [0.1, 0.15) is 23.4 Å². The maximum Gasteiger partial charge on any atom is 0.334 e. The van der Waals surface area contributed by atoms with Crippen LogP contribution >= 0.6 is 0 Å². The molecule has 0 aromatic heterocycles. The molecule has 5 aromatic carbocycles. The molecule has 6 rings (SSSR count). The fourth-order valence-corrected chi connectivity index (χ4v) is 6.69. The second-order valence-electron chi connectivity index (χ2n) is 9.16. The van der Waals surface area contributed by atoms with E-state index in [4.69, 9.17) is 4.74 Å². The largest absolute Gasteiger partial charge is 0.479 e. The van der Waals surface area contributed by atoms with Gasteiger partial charge < -0.3 is 9.84 Å². The number of carboxylic acid groups (broad SMARTS) is 1. The van der Waals surface area contributed by atoms with Crippen LogP contribution in [0.15, 0.2) is 120 Å². The third-order valence-corrected chi connectivity index (χ3v) is 8.23. The Kier molecular flexibility index (Phi) is 6.17. The van der Waals surface area contributed by atoms with E-state index in [1.807, 2.05) is 42.5 Å². The van der Waals surface area contributed by atoms with Gasteiger partial charge in [-0.2, -0.15) is 5.01 Å². The lowest BCUT2D eigenvalue weighted by Gasteiger charge is -2.29. The summed E-state index contributed by atoms with van der Waals surface area (Å²) in [6.45, 7) is 0. The average molecular weight is 525 g/mol. The molecule has 38 heavy (non-hydrogen) atoms. The minimum atomic E-state index is -4.22. The minimum Gasteiger partial charge on any atom is -0.479 e. The van der Waals surface area contributed by atoms with Crippen molar-refractivity contribution in [1.82, 2.24) is 9.84 Å². The number of nitrogens with one attached hydrogen (secondary N) is 1. The van der Waals surface area contributed by atoms with Gasteiger partial charge in [0.15, 0.2) is 12.3 Å². The smallest absolute Gasteiger partial charge is 0.334 e. The summed E-state index contributed by atoms with van der Waals surface area (Å²) in [5, 5.41) is 14.2. The van der Waals surface area contributed by atoms with E-state index in [2.05, 4.69) is 4.83 Å². The molecular formula is C30H24N2O5S. The van der Waals surface area contributed by atoms with Crippen molar-refractivity contribution >= 4 is 37.5 Å². The highest BCUT2D eigenvalue weighted by atomic mass is 32.2. The molecular weight excluding hydrogens is 500 g/mol. The van der Waals surface area contributed by atoms with Gasteiger partial charge in [-0.1, -0.05) is 109 Å². The summed E-state index contributed by atoms with van der Waals surface area (Å²) in [5.41, 5.74) is 1.24. The molecule has 1 saturated heterocycles. The fraction of sp³-hybridized carbons (Fsp3) is 0.100. The first-order valence-electron chi connectivity index (χ1n) is 12.1. The zero-order valence-corrected chi connectivity index (χ0v) is 21.0. The zero-order chi connectivity index (χ0) is 26.3. The van der Waals surface area contributed by atoms with Crippen molar-refractivity contribution < 1.29 is 23.1 Å². The van der Waals surface area contributed by atoms with Crippen molar-refractivity contribution in [2.24, 2.45) is 0 Å². The van der Waals surface area contributed by atoms with Crippen LogP contribution in [0.3, 0.4) is 0 Å². The second-order valence-corrected chi connectivity index (χ2v) is 10.8. The number of aliphatic carboxylic acids is 1. The second kappa shape index (κ2) is 9.66. The van der Waals surface area contributed by atoms with E-state index < -0.39 is 34.4 Å². The standard InChI is InChI=1S/C30H24N2O5S/c33-30(34)27-26(20-11-3-1-4-12-20)32(29(37-27)21-13-5-2-6-14-21)31-38(35,36)28-24-17-9-7-15-22(24)19-23-16-8-10-18-25(23)28/h1-19,26-27,29,31H,(H,33,34)/t26?,27?,29-/m0/s1. The first-order chi connectivity index (χ1) is 18.4. The molecule has 0 saturated carbocycles. The number of benzene rings is 5. The van der Waals surface area contributed by atoms with Gasteiger partial charge in [-0.05, 0) is 28.0 Å². The quantitative estimate of drug-likeness (QED) is 0.288. The van der Waals surface area contributed by atoms with Gasteiger partial charge >= 0.3 is 5.97 Å². The molecule has 2 N–H and O–H groups in total. The molecule has 0 spiro atoms. The highest BCUT2D eigenvalue weighted by Gasteiger charge is 2.49. The number of hydrogen-bond donors (Lipinski definition) is 2. The summed E-state index contributed by atoms with van der Waals surface area (Å²) >= 11 is 0. The number of ether oxygens (including phenoxy) is 1. The Balaban J connectivity index is 1.54. The van der Waals surface area contributed by atoms with Crippen molar-refractivity contribution in [1.29, 1.82) is 0 Å². The number of hydrogen-bond acceptors (Lipinski definition) is 5. The van der Waals surface area contributed by atoms with E-state index in [-0.39, 0.29) is 4.90 Å². The van der Waals surface area contributed by atoms with Gasteiger partial charge in [-0.25, -0.2) is 13.2 Å². The lowest BCUT2D eigenvalue weighted by molar-refractivity contribution is -0.150. The summed E-state index contributed by atoms with van der Waals surface area (Å²) < 4.78 is 34.6. The Morgan fingerprint density at radius 1 is 0.737 bits per heavy atom. The summed E-state index contributed by atoms with van der Waals surface area (Å²) in [6.07, 6.45) is -2.28. The van der Waals surface area contributed by atoms with E-state index in [0.29, 0.717) is 21.9 Å². The van der Waals surface area contributed by atoms with Crippen LogP contribution in [0.2, 0.25) is 0 Å². The summed E-state index contributed by atoms with van der Waals surface area (Å²) in [7, 11) is -4.22. The Labute approximate surface area is 219 Å². The van der Waals surface area contributed by atoms with Crippen LogP contribution in [-0.4, -0.2) is 30.6 Å². The van der Waals surface area contributed by atoms with Gasteiger partial charge in [0.1, 0.15) is 0 Å². The van der Waals surface area contributed by atoms with Gasteiger partial charge in [0, 0.05) is 10.8 Å². The molecule has 1 aliphatic heterocycles. The lowest BCUT2D eigenvalue weighted by atomic mass is 10.0. The van der Waals surface area contributed by atoms with Crippen LogP contribution in [0.5, 0.6) is 0 Å². The van der Waals surface area contributed by atoms with Gasteiger partial charge in [0.2, 0.25) is 0 Å². The van der Waals surface area contributed by atoms with Crippen molar-refractivity contribution in [3.8, 4) is 0 Å². The minimum absolute atomic E-state index is 0.128. The predicted molar refractivity (Wildman–Crippen MR) is 144 cm³/mol. The number of carboxylic acids is 1. The summed E-state index contributed by atoms with van der Waals surface area (Å²) in [6, 6.07) is 33.6. The Morgan fingerprint density at radius 3 is 1.79 bits per heavy atom. The third-order valence-electron chi connectivity index (χ3n) is 6.80. The number of sulfonamides is 1. The highest BCUT2D eigenvalue weighted by molar-refractivity contribution is 7.90. The van der Waals surface area contributed by atoms with E-state index >= 15 is 0 Å². The zero-order valence-electron chi connectivity index (χ0n) is 20.1. The van der Waals surface area contributed by atoms with Gasteiger partial charge in [0.05, 0.1) is 10.9 Å². The van der Waals surface area contributed by atoms with E-state index in [1.165, 1.54) is 5.01 Å². The topological polar surface area (TPSA) is 95.9 Å². The fourth-order valence-electron chi connectivity index (χ4n) is 5.16. The molecule has 8 heteroatoms. The monoisotopic (exact) mass is 524 g/mol. The summed E-state index contributed by atoms with van der Waals surface area (Å²) in [4.78, 5) is 15.2. The number of fused-ring (bicyclic) bond motifs is 2. The normalized spacial score (nSPS) is 20.2. The SMILES string of the molecule is O=C(O)C1O[C@@H](c2ccccc2)N(NS(=O)(=O)c2c3ccccc3cc3ccccc23)C1c1ccccc1. The first-order valence-corrected chi connectivity index (χ1v) is 13.6. The van der Waals surface area contributed by atoms with Crippen LogP contribution in [0.25, 0.3) is 21.5 Å². The van der Waals surface area contributed by atoms with Gasteiger partial charge in [-0.15, -0.1) is 4.83 Å². The lowest BCUT2D eigenvalue weighted by Crippen LogP contribution is -2.45.